The summed E-state index contributed by atoms with van der Waals surface area (Å²) < 4.78 is 1.03. The van der Waals surface area contributed by atoms with Crippen molar-refractivity contribution in [3.05, 3.63) is 74.7 Å². The van der Waals surface area contributed by atoms with Crippen LogP contribution in [0.2, 0.25) is 5.02 Å². The van der Waals surface area contributed by atoms with Gasteiger partial charge in [-0.3, -0.25) is 0 Å². The zero-order chi connectivity index (χ0) is 16.8. The number of fused-ring (bicyclic) bond motifs is 3. The Morgan fingerprint density at radius 1 is 1.29 bits per heavy atom. The molecule has 24 heavy (non-hydrogen) atoms. The van der Waals surface area contributed by atoms with Gasteiger partial charge in [0.05, 0.1) is 22.3 Å². The van der Waals surface area contributed by atoms with Gasteiger partial charge in [0.25, 0.3) is 0 Å². The number of carboxylic acids is 1. The van der Waals surface area contributed by atoms with Gasteiger partial charge in [-0.05, 0) is 47.7 Å². The van der Waals surface area contributed by atoms with Gasteiger partial charge in [0.2, 0.25) is 0 Å². The van der Waals surface area contributed by atoms with Crippen LogP contribution in [-0.2, 0) is 0 Å². The Morgan fingerprint density at radius 2 is 2.12 bits per heavy atom. The number of aromatic carboxylic acids is 1. The van der Waals surface area contributed by atoms with E-state index in [-0.39, 0.29) is 17.9 Å². The molecule has 0 aromatic heterocycles. The second kappa shape index (κ2) is 5.94. The van der Waals surface area contributed by atoms with Crippen molar-refractivity contribution in [3.8, 4) is 0 Å². The van der Waals surface area contributed by atoms with Crippen LogP contribution in [0.1, 0.15) is 39.9 Å². The van der Waals surface area contributed by atoms with Gasteiger partial charge >= 0.3 is 5.97 Å². The van der Waals surface area contributed by atoms with Crippen molar-refractivity contribution >= 4 is 39.2 Å². The van der Waals surface area contributed by atoms with E-state index in [0.717, 1.165) is 22.1 Å². The molecular weight excluding hydrogens is 390 g/mol. The number of allylic oxidation sites excluding steroid dienone is 2. The van der Waals surface area contributed by atoms with E-state index in [9.17, 15) is 9.90 Å². The summed E-state index contributed by atoms with van der Waals surface area (Å²) >= 11 is 9.94. The lowest BCUT2D eigenvalue weighted by molar-refractivity contribution is 0.0695. The first-order valence-electron chi connectivity index (χ1n) is 7.80. The summed E-state index contributed by atoms with van der Waals surface area (Å²) in [5, 5.41) is 13.7. The van der Waals surface area contributed by atoms with Crippen molar-refractivity contribution in [2.45, 2.75) is 18.4 Å². The first-order chi connectivity index (χ1) is 11.6. The molecule has 0 fully saturated rings. The molecule has 3 unspecified atom stereocenters. The minimum Gasteiger partial charge on any atom is -0.478 e. The van der Waals surface area contributed by atoms with E-state index in [4.69, 9.17) is 11.6 Å². The molecular formula is C19H15BrClNO2. The van der Waals surface area contributed by atoms with Gasteiger partial charge in [0, 0.05) is 10.4 Å². The van der Waals surface area contributed by atoms with Crippen LogP contribution in [-0.4, -0.2) is 11.1 Å². The number of hydrogen-bond acceptors (Lipinski definition) is 2. The van der Waals surface area contributed by atoms with Gasteiger partial charge < -0.3 is 10.4 Å². The zero-order valence-corrected chi connectivity index (χ0v) is 15.0. The molecule has 2 N–H and O–H groups in total. The fourth-order valence-electron chi connectivity index (χ4n) is 3.89. The Hall–Kier alpha value is -1.78. The van der Waals surface area contributed by atoms with Gasteiger partial charge in [0.1, 0.15) is 0 Å². The summed E-state index contributed by atoms with van der Waals surface area (Å²) in [5.41, 5.74) is 3.05. The largest absolute Gasteiger partial charge is 0.478 e. The standard InChI is InChI=1S/C19H15BrClNO2/c20-11-4-1-3-10(9-11)17-13-6-2-5-12(13)16-14(19(23)24)7-8-15(21)18(16)22-17/h1-5,7-9,12-13,17,22H,6H2,(H,23,24). The summed E-state index contributed by atoms with van der Waals surface area (Å²) in [6.07, 6.45) is 5.18. The van der Waals surface area contributed by atoms with Crippen molar-refractivity contribution in [1.29, 1.82) is 0 Å². The van der Waals surface area contributed by atoms with Crippen molar-refractivity contribution in [1.82, 2.24) is 0 Å². The minimum absolute atomic E-state index is 0.0648. The Bertz CT molecular complexity index is 864. The molecule has 4 rings (SSSR count). The van der Waals surface area contributed by atoms with Gasteiger partial charge in [-0.15, -0.1) is 0 Å². The van der Waals surface area contributed by atoms with Crippen LogP contribution in [0.5, 0.6) is 0 Å². The quantitative estimate of drug-likeness (QED) is 0.638. The average molecular weight is 405 g/mol. The van der Waals surface area contributed by atoms with Gasteiger partial charge in [-0.25, -0.2) is 4.79 Å². The van der Waals surface area contributed by atoms with Crippen LogP contribution < -0.4 is 5.32 Å². The highest BCUT2D eigenvalue weighted by Gasteiger charge is 2.40. The molecule has 3 atom stereocenters. The van der Waals surface area contributed by atoms with E-state index in [0.29, 0.717) is 10.6 Å². The molecule has 2 aliphatic rings. The molecule has 0 saturated carbocycles. The molecule has 3 nitrogen and oxygen atoms in total. The van der Waals surface area contributed by atoms with Crippen molar-refractivity contribution in [2.75, 3.05) is 5.32 Å². The molecule has 0 spiro atoms. The third kappa shape index (κ3) is 2.45. The normalized spacial score (nSPS) is 24.2. The molecule has 122 valence electrons. The van der Waals surface area contributed by atoms with Crippen molar-refractivity contribution < 1.29 is 9.90 Å². The lowest BCUT2D eigenvalue weighted by Gasteiger charge is -2.38. The van der Waals surface area contributed by atoms with Gasteiger partial charge in [-0.1, -0.05) is 51.8 Å². The molecule has 2 aromatic rings. The van der Waals surface area contributed by atoms with E-state index >= 15 is 0 Å². The van der Waals surface area contributed by atoms with Crippen molar-refractivity contribution in [3.63, 3.8) is 0 Å². The third-order valence-electron chi connectivity index (χ3n) is 4.91. The predicted molar refractivity (Wildman–Crippen MR) is 98.9 cm³/mol. The van der Waals surface area contributed by atoms with E-state index in [1.54, 1.807) is 12.1 Å². The average Bonchev–Trinajstić information content (AvgIpc) is 3.04. The molecule has 1 heterocycles. The van der Waals surface area contributed by atoms with Crippen LogP contribution >= 0.6 is 27.5 Å². The Labute approximate surface area is 153 Å². The van der Waals surface area contributed by atoms with Gasteiger partial charge in [0.15, 0.2) is 0 Å². The number of anilines is 1. The fraction of sp³-hybridized carbons (Fsp3) is 0.211. The number of hydrogen-bond donors (Lipinski definition) is 2. The third-order valence-corrected chi connectivity index (χ3v) is 5.72. The van der Waals surface area contributed by atoms with E-state index in [2.05, 4.69) is 45.5 Å². The number of carbonyl (C=O) groups is 1. The molecule has 5 heteroatoms. The highest BCUT2D eigenvalue weighted by Crippen LogP contribution is 2.52. The fourth-order valence-corrected chi connectivity index (χ4v) is 4.53. The van der Waals surface area contributed by atoms with Crippen LogP contribution in [0, 0.1) is 5.92 Å². The monoisotopic (exact) mass is 403 g/mol. The van der Waals surface area contributed by atoms with Gasteiger partial charge in [-0.2, -0.15) is 0 Å². The first kappa shape index (κ1) is 15.7. The highest BCUT2D eigenvalue weighted by molar-refractivity contribution is 9.10. The van der Waals surface area contributed by atoms with Crippen LogP contribution in [0.25, 0.3) is 0 Å². The smallest absolute Gasteiger partial charge is 0.336 e. The summed E-state index contributed by atoms with van der Waals surface area (Å²) in [7, 11) is 0. The maximum Gasteiger partial charge on any atom is 0.336 e. The number of rotatable bonds is 2. The van der Waals surface area contributed by atoms with Crippen LogP contribution in [0.4, 0.5) is 5.69 Å². The summed E-state index contributed by atoms with van der Waals surface area (Å²) in [4.78, 5) is 11.7. The molecule has 0 saturated heterocycles. The second-order valence-electron chi connectivity index (χ2n) is 6.22. The number of benzene rings is 2. The van der Waals surface area contributed by atoms with Crippen molar-refractivity contribution in [2.24, 2.45) is 5.92 Å². The molecule has 2 aromatic carbocycles. The predicted octanol–water partition coefficient (Wildman–Crippen LogP) is 5.63. The number of nitrogens with one attached hydrogen (secondary N) is 1. The SMILES string of the molecule is O=C(O)c1ccc(Cl)c2c1C1C=CCC1C(c1cccc(Br)c1)N2. The Kier molecular flexibility index (Phi) is 3.89. The Morgan fingerprint density at radius 3 is 2.88 bits per heavy atom. The summed E-state index contributed by atoms with van der Waals surface area (Å²) in [6.45, 7) is 0. The molecule has 0 bridgehead atoms. The maximum atomic E-state index is 11.7. The topological polar surface area (TPSA) is 49.3 Å². The molecule has 0 amide bonds. The number of carboxylic acid groups (broad SMARTS) is 1. The van der Waals surface area contributed by atoms with E-state index in [1.165, 1.54) is 5.56 Å². The number of halogens is 2. The van der Waals surface area contributed by atoms with Crippen LogP contribution in [0.15, 0.2) is 53.0 Å². The lowest BCUT2D eigenvalue weighted by Crippen LogP contribution is -2.30. The second-order valence-corrected chi connectivity index (χ2v) is 7.54. The van der Waals surface area contributed by atoms with Crippen LogP contribution in [0.3, 0.4) is 0 Å². The summed E-state index contributed by atoms with van der Waals surface area (Å²) in [5.74, 6) is -0.567. The lowest BCUT2D eigenvalue weighted by atomic mass is 9.75. The first-order valence-corrected chi connectivity index (χ1v) is 8.97. The molecule has 0 radical (unpaired) electrons. The minimum atomic E-state index is -0.912. The van der Waals surface area contributed by atoms with E-state index in [1.807, 2.05) is 12.1 Å². The molecule has 1 aliphatic heterocycles. The molecule has 1 aliphatic carbocycles. The highest BCUT2D eigenvalue weighted by atomic mass is 79.9. The van der Waals surface area contributed by atoms with E-state index < -0.39 is 5.97 Å². The summed E-state index contributed by atoms with van der Waals surface area (Å²) in [6, 6.07) is 11.6. The maximum absolute atomic E-state index is 11.7. The zero-order valence-electron chi connectivity index (χ0n) is 12.7. The Balaban J connectivity index is 1.88.